The van der Waals surface area contributed by atoms with Gasteiger partial charge in [-0.15, -0.1) is 0 Å². The van der Waals surface area contributed by atoms with Gasteiger partial charge in [-0.05, 0) is 31.0 Å². The van der Waals surface area contributed by atoms with E-state index in [9.17, 15) is 4.79 Å². The second kappa shape index (κ2) is 3.90. The zero-order valence-corrected chi connectivity index (χ0v) is 7.04. The highest BCUT2D eigenvalue weighted by molar-refractivity contribution is 5.89. The van der Waals surface area contributed by atoms with E-state index in [1.807, 2.05) is 12.1 Å². The third-order valence-corrected chi connectivity index (χ3v) is 1.64. The Morgan fingerprint density at radius 3 is 2.92 bits per heavy atom. The summed E-state index contributed by atoms with van der Waals surface area (Å²) < 4.78 is 4.58. The summed E-state index contributed by atoms with van der Waals surface area (Å²) in [5, 5.41) is 0. The Balaban J connectivity index is 2.93. The van der Waals surface area contributed by atoms with Crippen molar-refractivity contribution in [3.8, 4) is 0 Å². The van der Waals surface area contributed by atoms with Crippen molar-refractivity contribution >= 4 is 5.97 Å². The molecule has 0 heterocycles. The number of ether oxygens (including phenoxy) is 1. The maximum Gasteiger partial charge on any atom is 0.337 e. The lowest BCUT2D eigenvalue weighted by molar-refractivity contribution is 0.0600. The van der Waals surface area contributed by atoms with Gasteiger partial charge in [0.1, 0.15) is 0 Å². The number of carbonyl (C=O) groups is 1. The van der Waals surface area contributed by atoms with Crippen LogP contribution < -0.4 is 0 Å². The average Bonchev–Trinajstić information content (AvgIpc) is 2.17. The smallest absolute Gasteiger partial charge is 0.337 e. The largest absolute Gasteiger partial charge is 0.465 e. The van der Waals surface area contributed by atoms with Gasteiger partial charge >= 0.3 is 5.97 Å². The number of rotatable bonds is 2. The zero-order chi connectivity index (χ0) is 8.97. The molecule has 2 nitrogen and oxygen atoms in total. The molecular weight excluding hydrogens is 152 g/mol. The topological polar surface area (TPSA) is 26.3 Å². The van der Waals surface area contributed by atoms with E-state index < -0.39 is 0 Å². The first kappa shape index (κ1) is 8.78. The predicted octanol–water partition coefficient (Wildman–Crippen LogP) is 1.85. The Morgan fingerprint density at radius 1 is 1.58 bits per heavy atom. The molecule has 0 amide bonds. The minimum absolute atomic E-state index is 0.301. The van der Waals surface area contributed by atoms with Crippen LogP contribution in [0.5, 0.6) is 0 Å². The first-order chi connectivity index (χ1) is 5.77. The van der Waals surface area contributed by atoms with Gasteiger partial charge in [0.2, 0.25) is 0 Å². The van der Waals surface area contributed by atoms with Crippen molar-refractivity contribution in [3.05, 3.63) is 42.3 Å². The summed E-state index contributed by atoms with van der Waals surface area (Å²) in [5.74, 6) is -0.301. The molecular formula is C10H11O2. The summed E-state index contributed by atoms with van der Waals surface area (Å²) in [5.41, 5.74) is 1.62. The fraction of sp³-hybridized carbons (Fsp3) is 0.200. The van der Waals surface area contributed by atoms with Crippen LogP contribution in [0.25, 0.3) is 0 Å². The molecule has 0 bridgehead atoms. The number of hydrogen-bond donors (Lipinski definition) is 0. The van der Waals surface area contributed by atoms with Crippen molar-refractivity contribution < 1.29 is 9.53 Å². The number of esters is 1. The van der Waals surface area contributed by atoms with Gasteiger partial charge < -0.3 is 4.74 Å². The van der Waals surface area contributed by atoms with Crippen molar-refractivity contribution in [2.45, 2.75) is 6.42 Å². The molecule has 0 aliphatic rings. The van der Waals surface area contributed by atoms with Gasteiger partial charge in [-0.25, -0.2) is 4.79 Å². The summed E-state index contributed by atoms with van der Waals surface area (Å²) >= 11 is 0. The van der Waals surface area contributed by atoms with Crippen LogP contribution in [0.15, 0.2) is 24.3 Å². The molecule has 0 aliphatic heterocycles. The van der Waals surface area contributed by atoms with Crippen molar-refractivity contribution in [1.82, 2.24) is 0 Å². The molecule has 0 aromatic heterocycles. The van der Waals surface area contributed by atoms with Crippen LogP contribution in [0.4, 0.5) is 0 Å². The van der Waals surface area contributed by atoms with Crippen LogP contribution in [0.1, 0.15) is 15.9 Å². The van der Waals surface area contributed by atoms with E-state index in [0.717, 1.165) is 5.56 Å². The maximum atomic E-state index is 11.0. The van der Waals surface area contributed by atoms with E-state index in [1.165, 1.54) is 7.11 Å². The van der Waals surface area contributed by atoms with Crippen LogP contribution in [0.3, 0.4) is 0 Å². The minimum Gasteiger partial charge on any atom is -0.465 e. The summed E-state index contributed by atoms with van der Waals surface area (Å²) in [6.45, 7) is 3.73. The maximum absolute atomic E-state index is 11.0. The third-order valence-electron chi connectivity index (χ3n) is 1.64. The van der Waals surface area contributed by atoms with Gasteiger partial charge in [0.25, 0.3) is 0 Å². The molecule has 0 N–H and O–H groups in total. The Bertz CT molecular complexity index is 279. The van der Waals surface area contributed by atoms with Gasteiger partial charge in [-0.3, -0.25) is 0 Å². The number of benzene rings is 1. The molecule has 2 heteroatoms. The molecule has 63 valence electrons. The Morgan fingerprint density at radius 2 is 2.33 bits per heavy atom. The molecule has 0 saturated heterocycles. The SMILES string of the molecule is [CH2]Cc1cccc(C(=O)OC)c1. The normalized spacial score (nSPS) is 9.50. The van der Waals surface area contributed by atoms with Crippen LogP contribution in [0.2, 0.25) is 0 Å². The highest BCUT2D eigenvalue weighted by atomic mass is 16.5. The van der Waals surface area contributed by atoms with Crippen molar-refractivity contribution in [1.29, 1.82) is 0 Å². The number of methoxy groups -OCH3 is 1. The second-order valence-corrected chi connectivity index (χ2v) is 2.44. The molecule has 1 aromatic rings. The Kier molecular flexibility index (Phi) is 2.86. The summed E-state index contributed by atoms with van der Waals surface area (Å²) in [6.07, 6.45) is 0.685. The first-order valence-electron chi connectivity index (χ1n) is 3.74. The van der Waals surface area contributed by atoms with Gasteiger partial charge in [0, 0.05) is 0 Å². The zero-order valence-electron chi connectivity index (χ0n) is 7.04. The lowest BCUT2D eigenvalue weighted by Crippen LogP contribution is -2.01. The lowest BCUT2D eigenvalue weighted by atomic mass is 10.1. The molecule has 0 atom stereocenters. The van der Waals surface area contributed by atoms with Crippen LogP contribution >= 0.6 is 0 Å². The molecule has 0 aliphatic carbocycles. The molecule has 0 saturated carbocycles. The summed E-state index contributed by atoms with van der Waals surface area (Å²) in [7, 11) is 1.37. The van der Waals surface area contributed by atoms with Crippen LogP contribution in [-0.2, 0) is 11.2 Å². The van der Waals surface area contributed by atoms with Crippen LogP contribution in [0, 0.1) is 6.92 Å². The van der Waals surface area contributed by atoms with E-state index >= 15 is 0 Å². The van der Waals surface area contributed by atoms with E-state index in [2.05, 4.69) is 11.7 Å². The average molecular weight is 163 g/mol. The third kappa shape index (κ3) is 1.84. The molecule has 0 fully saturated rings. The number of carbonyl (C=O) groups excluding carboxylic acids is 1. The van der Waals surface area contributed by atoms with E-state index in [4.69, 9.17) is 0 Å². The van der Waals surface area contributed by atoms with Crippen molar-refractivity contribution in [2.24, 2.45) is 0 Å². The lowest BCUT2D eigenvalue weighted by Gasteiger charge is -2.00. The summed E-state index contributed by atoms with van der Waals surface area (Å²) in [4.78, 5) is 11.0. The predicted molar refractivity (Wildman–Crippen MR) is 46.8 cm³/mol. The second-order valence-electron chi connectivity index (χ2n) is 2.44. The quantitative estimate of drug-likeness (QED) is 0.622. The number of hydrogen-bond acceptors (Lipinski definition) is 2. The van der Waals surface area contributed by atoms with Gasteiger partial charge in [0.15, 0.2) is 0 Å². The molecule has 12 heavy (non-hydrogen) atoms. The van der Waals surface area contributed by atoms with E-state index in [0.29, 0.717) is 12.0 Å². The van der Waals surface area contributed by atoms with E-state index in [1.54, 1.807) is 12.1 Å². The van der Waals surface area contributed by atoms with Gasteiger partial charge in [-0.2, -0.15) is 0 Å². The molecule has 1 aromatic carbocycles. The molecule has 0 spiro atoms. The highest BCUT2D eigenvalue weighted by Gasteiger charge is 2.03. The molecule has 1 radical (unpaired) electrons. The highest BCUT2D eigenvalue weighted by Crippen LogP contribution is 2.06. The fourth-order valence-corrected chi connectivity index (χ4v) is 0.972. The summed E-state index contributed by atoms with van der Waals surface area (Å²) in [6, 6.07) is 7.27. The van der Waals surface area contributed by atoms with Crippen LogP contribution in [-0.4, -0.2) is 13.1 Å². The minimum atomic E-state index is -0.301. The van der Waals surface area contributed by atoms with E-state index in [-0.39, 0.29) is 5.97 Å². The van der Waals surface area contributed by atoms with Crippen molar-refractivity contribution in [3.63, 3.8) is 0 Å². The first-order valence-corrected chi connectivity index (χ1v) is 3.74. The monoisotopic (exact) mass is 163 g/mol. The van der Waals surface area contributed by atoms with Crippen molar-refractivity contribution in [2.75, 3.05) is 7.11 Å². The Hall–Kier alpha value is -1.31. The molecule has 0 unspecified atom stereocenters. The standard InChI is InChI=1S/C10H11O2/c1-3-8-5-4-6-9(7-8)10(11)12-2/h4-7H,1,3H2,2H3. The fourth-order valence-electron chi connectivity index (χ4n) is 0.972. The van der Waals surface area contributed by atoms with Gasteiger partial charge in [-0.1, -0.05) is 12.1 Å². The molecule has 1 rings (SSSR count). The Labute approximate surface area is 72.2 Å². The van der Waals surface area contributed by atoms with Gasteiger partial charge in [0.05, 0.1) is 12.7 Å².